The van der Waals surface area contributed by atoms with Crippen LogP contribution in [-0.2, 0) is 6.54 Å². The van der Waals surface area contributed by atoms with E-state index in [1.54, 1.807) is 12.1 Å². The number of nitrogens with zero attached hydrogens (tertiary/aromatic N) is 2. The third-order valence-corrected chi connectivity index (χ3v) is 4.21. The summed E-state index contributed by atoms with van der Waals surface area (Å²) in [5.41, 5.74) is 4.20. The van der Waals surface area contributed by atoms with Crippen molar-refractivity contribution in [1.82, 2.24) is 15.5 Å². The second kappa shape index (κ2) is 8.44. The van der Waals surface area contributed by atoms with Crippen molar-refractivity contribution < 1.29 is 4.39 Å². The molecule has 0 saturated heterocycles. The van der Waals surface area contributed by atoms with E-state index >= 15 is 0 Å². The highest BCUT2D eigenvalue weighted by Gasteiger charge is 2.07. The van der Waals surface area contributed by atoms with Gasteiger partial charge in [-0.25, -0.2) is 4.39 Å². The van der Waals surface area contributed by atoms with Crippen molar-refractivity contribution in [2.75, 3.05) is 25.0 Å². The maximum absolute atomic E-state index is 13.1. The smallest absolute Gasteiger partial charge is 0.123 e. The Morgan fingerprint density at radius 1 is 1.08 bits per heavy atom. The zero-order valence-electron chi connectivity index (χ0n) is 14.4. The summed E-state index contributed by atoms with van der Waals surface area (Å²) in [5, 5.41) is 10.6. The highest BCUT2D eigenvalue weighted by molar-refractivity contribution is 5.62. The molecule has 0 saturated carbocycles. The third kappa shape index (κ3) is 4.67. The van der Waals surface area contributed by atoms with Crippen LogP contribution < -0.4 is 10.2 Å². The van der Waals surface area contributed by atoms with E-state index in [9.17, 15) is 4.39 Å². The molecule has 4 nitrogen and oxygen atoms in total. The van der Waals surface area contributed by atoms with Gasteiger partial charge in [0.15, 0.2) is 0 Å². The van der Waals surface area contributed by atoms with Crippen LogP contribution in [0.4, 0.5) is 10.1 Å². The number of anilines is 1. The number of H-pyrrole nitrogens is 1. The van der Waals surface area contributed by atoms with Gasteiger partial charge in [0.2, 0.25) is 0 Å². The highest BCUT2D eigenvalue weighted by atomic mass is 19.1. The van der Waals surface area contributed by atoms with Crippen molar-refractivity contribution in [3.8, 4) is 11.3 Å². The van der Waals surface area contributed by atoms with Crippen LogP contribution in [-0.4, -0.2) is 30.3 Å². The summed E-state index contributed by atoms with van der Waals surface area (Å²) >= 11 is 0. The number of nitrogens with one attached hydrogen (secondary N) is 2. The third-order valence-electron chi connectivity index (χ3n) is 4.21. The molecule has 0 bridgehead atoms. The zero-order chi connectivity index (χ0) is 17.5. The summed E-state index contributed by atoms with van der Waals surface area (Å²) in [5.74, 6) is -0.231. The van der Waals surface area contributed by atoms with E-state index < -0.39 is 0 Å². The van der Waals surface area contributed by atoms with Gasteiger partial charge >= 0.3 is 0 Å². The Hall–Kier alpha value is -2.66. The fraction of sp³-hybridized carbons (Fsp3) is 0.250. The highest BCUT2D eigenvalue weighted by Crippen LogP contribution is 2.21. The lowest BCUT2D eigenvalue weighted by Crippen LogP contribution is -2.23. The van der Waals surface area contributed by atoms with E-state index in [1.807, 2.05) is 12.3 Å². The Morgan fingerprint density at radius 2 is 1.84 bits per heavy atom. The van der Waals surface area contributed by atoms with Gasteiger partial charge in [-0.05, 0) is 49.4 Å². The molecule has 0 spiro atoms. The molecular formula is C20H23FN4. The van der Waals surface area contributed by atoms with E-state index in [4.69, 9.17) is 0 Å². The van der Waals surface area contributed by atoms with Crippen LogP contribution in [0.3, 0.4) is 0 Å². The molecule has 0 atom stereocenters. The Kier molecular flexibility index (Phi) is 5.80. The SMILES string of the molecule is CN(CCCNCc1cn[nH]c1-c1ccc(F)cc1)c1ccccc1. The van der Waals surface area contributed by atoms with Gasteiger partial charge in [0.25, 0.3) is 0 Å². The van der Waals surface area contributed by atoms with E-state index in [0.29, 0.717) is 0 Å². The number of benzene rings is 2. The van der Waals surface area contributed by atoms with Crippen molar-refractivity contribution in [2.45, 2.75) is 13.0 Å². The lowest BCUT2D eigenvalue weighted by atomic mass is 10.1. The van der Waals surface area contributed by atoms with E-state index in [0.717, 1.165) is 42.9 Å². The van der Waals surface area contributed by atoms with E-state index in [1.165, 1.54) is 17.8 Å². The zero-order valence-corrected chi connectivity index (χ0v) is 14.4. The molecule has 1 heterocycles. The maximum Gasteiger partial charge on any atom is 0.123 e. The van der Waals surface area contributed by atoms with Gasteiger partial charge in [0.1, 0.15) is 5.82 Å². The predicted octanol–water partition coefficient (Wildman–Crippen LogP) is 3.83. The Labute approximate surface area is 147 Å². The summed E-state index contributed by atoms with van der Waals surface area (Å²) < 4.78 is 13.1. The lowest BCUT2D eigenvalue weighted by Gasteiger charge is -2.19. The standard InChI is InChI=1S/C20H23FN4/c1-25(19-6-3-2-4-7-19)13-5-12-22-14-17-15-23-24-20(17)16-8-10-18(21)11-9-16/h2-4,6-11,15,22H,5,12-14H2,1H3,(H,23,24). The molecule has 25 heavy (non-hydrogen) atoms. The summed E-state index contributed by atoms with van der Waals surface area (Å²) in [6.07, 6.45) is 2.87. The van der Waals surface area contributed by atoms with Crippen molar-refractivity contribution in [2.24, 2.45) is 0 Å². The van der Waals surface area contributed by atoms with Gasteiger partial charge in [0, 0.05) is 37.0 Å². The van der Waals surface area contributed by atoms with Crippen LogP contribution in [0.5, 0.6) is 0 Å². The number of halogens is 1. The molecule has 2 N–H and O–H groups in total. The van der Waals surface area contributed by atoms with Gasteiger partial charge < -0.3 is 10.2 Å². The van der Waals surface area contributed by atoms with E-state index in [2.05, 4.69) is 51.7 Å². The summed E-state index contributed by atoms with van der Waals surface area (Å²) in [6, 6.07) is 16.8. The van der Waals surface area contributed by atoms with Crippen LogP contribution >= 0.6 is 0 Å². The molecule has 3 rings (SSSR count). The predicted molar refractivity (Wildman–Crippen MR) is 100 cm³/mol. The van der Waals surface area contributed by atoms with Gasteiger partial charge in [-0.15, -0.1) is 0 Å². The first kappa shape index (κ1) is 17.2. The van der Waals surface area contributed by atoms with Crippen LogP contribution in [0.15, 0.2) is 60.8 Å². The molecule has 130 valence electrons. The monoisotopic (exact) mass is 338 g/mol. The Balaban J connectivity index is 1.46. The maximum atomic E-state index is 13.1. The molecule has 0 aliphatic heterocycles. The molecule has 0 aliphatic carbocycles. The Morgan fingerprint density at radius 3 is 2.60 bits per heavy atom. The van der Waals surface area contributed by atoms with Crippen LogP contribution in [0.2, 0.25) is 0 Å². The fourth-order valence-electron chi connectivity index (χ4n) is 2.79. The quantitative estimate of drug-likeness (QED) is 0.614. The average molecular weight is 338 g/mol. The number of hydrogen-bond donors (Lipinski definition) is 2. The van der Waals surface area contributed by atoms with Crippen molar-refractivity contribution in [1.29, 1.82) is 0 Å². The van der Waals surface area contributed by atoms with E-state index in [-0.39, 0.29) is 5.82 Å². The average Bonchev–Trinajstić information content (AvgIpc) is 3.11. The molecule has 2 aromatic carbocycles. The van der Waals surface area contributed by atoms with Crippen molar-refractivity contribution in [3.05, 3.63) is 72.2 Å². The fourth-order valence-corrected chi connectivity index (χ4v) is 2.79. The molecule has 1 aromatic heterocycles. The van der Waals surface area contributed by atoms with Crippen LogP contribution in [0.1, 0.15) is 12.0 Å². The normalized spacial score (nSPS) is 10.8. The molecule has 0 unspecified atom stereocenters. The minimum absolute atomic E-state index is 0.231. The van der Waals surface area contributed by atoms with Gasteiger partial charge in [0.05, 0.1) is 11.9 Å². The summed E-state index contributed by atoms with van der Waals surface area (Å²) in [4.78, 5) is 2.25. The number of aromatic amines is 1. The van der Waals surface area contributed by atoms with Crippen LogP contribution in [0, 0.1) is 5.82 Å². The first-order valence-electron chi connectivity index (χ1n) is 8.49. The molecule has 0 aliphatic rings. The topological polar surface area (TPSA) is 44.0 Å². The van der Waals surface area contributed by atoms with Crippen LogP contribution in [0.25, 0.3) is 11.3 Å². The van der Waals surface area contributed by atoms with Crippen molar-refractivity contribution in [3.63, 3.8) is 0 Å². The second-order valence-corrected chi connectivity index (χ2v) is 6.06. The van der Waals surface area contributed by atoms with Gasteiger partial charge in [-0.2, -0.15) is 5.10 Å². The Bertz CT molecular complexity index is 768. The molecule has 0 amide bonds. The molecule has 3 aromatic rings. The summed E-state index contributed by atoms with van der Waals surface area (Å²) in [6.45, 7) is 2.65. The lowest BCUT2D eigenvalue weighted by molar-refractivity contribution is 0.628. The van der Waals surface area contributed by atoms with Gasteiger partial charge in [-0.1, -0.05) is 18.2 Å². The first-order chi connectivity index (χ1) is 12.2. The largest absolute Gasteiger partial charge is 0.375 e. The number of hydrogen-bond acceptors (Lipinski definition) is 3. The second-order valence-electron chi connectivity index (χ2n) is 6.06. The first-order valence-corrected chi connectivity index (χ1v) is 8.49. The molecular weight excluding hydrogens is 315 g/mol. The number of aromatic nitrogens is 2. The molecule has 0 fully saturated rings. The summed E-state index contributed by atoms with van der Waals surface area (Å²) in [7, 11) is 2.11. The number of rotatable bonds is 8. The van der Waals surface area contributed by atoms with Crippen molar-refractivity contribution >= 4 is 5.69 Å². The number of para-hydroxylation sites is 1. The minimum Gasteiger partial charge on any atom is -0.375 e. The van der Waals surface area contributed by atoms with Gasteiger partial charge in [-0.3, -0.25) is 5.10 Å². The minimum atomic E-state index is -0.231. The molecule has 0 radical (unpaired) electrons. The molecule has 5 heteroatoms.